The van der Waals surface area contributed by atoms with Gasteiger partial charge in [0.15, 0.2) is 0 Å². The van der Waals surface area contributed by atoms with Crippen LogP contribution in [0.4, 0.5) is 0 Å². The third-order valence-corrected chi connectivity index (χ3v) is 7.00. The van der Waals surface area contributed by atoms with Crippen molar-refractivity contribution in [2.75, 3.05) is 0 Å². The topological polar surface area (TPSA) is 66.9 Å². The Morgan fingerprint density at radius 2 is 1.49 bits per heavy atom. The second-order valence-corrected chi connectivity index (χ2v) is 9.36. The predicted molar refractivity (Wildman–Crippen MR) is 132 cm³/mol. The minimum atomic E-state index is -0.890. The Hall–Kier alpha value is -3.77. The van der Waals surface area contributed by atoms with Gasteiger partial charge in [0, 0.05) is 6.54 Å². The van der Waals surface area contributed by atoms with Crippen LogP contribution in [0.5, 0.6) is 0 Å². The van der Waals surface area contributed by atoms with Crippen LogP contribution in [0.3, 0.4) is 0 Å². The first kappa shape index (κ1) is 23.0. The maximum atomic E-state index is 13.5. The standard InChI is InChI=1S/C29H28N2O4/c1-18-13-14-22(19(2)15-18)16-30-25(20(3)35-17-21-9-5-4-6-10-21)26(29(30)34)31-27(32)23-11-7-8-12-24(23)28(31)33/h4-15,20,25-26H,16-17H2,1-3H3. The first-order chi connectivity index (χ1) is 16.9. The third kappa shape index (κ3) is 4.04. The van der Waals surface area contributed by atoms with Gasteiger partial charge in [-0.2, -0.15) is 0 Å². The molecule has 3 atom stereocenters. The van der Waals surface area contributed by atoms with Gasteiger partial charge in [-0.05, 0) is 49.6 Å². The van der Waals surface area contributed by atoms with E-state index >= 15 is 0 Å². The van der Waals surface area contributed by atoms with Gasteiger partial charge in [0.1, 0.15) is 6.04 Å². The molecule has 35 heavy (non-hydrogen) atoms. The number of hydrogen-bond acceptors (Lipinski definition) is 4. The van der Waals surface area contributed by atoms with E-state index in [1.165, 1.54) is 0 Å². The molecule has 2 aliphatic heterocycles. The summed E-state index contributed by atoms with van der Waals surface area (Å²) in [6.45, 7) is 6.73. The zero-order valence-corrected chi connectivity index (χ0v) is 20.1. The Balaban J connectivity index is 1.43. The second kappa shape index (κ2) is 9.12. The number of nitrogens with zero attached hydrogens (tertiary/aromatic N) is 2. The molecule has 0 aromatic heterocycles. The summed E-state index contributed by atoms with van der Waals surface area (Å²) in [6.07, 6.45) is -0.395. The van der Waals surface area contributed by atoms with Crippen LogP contribution in [0, 0.1) is 13.8 Å². The molecule has 1 saturated heterocycles. The van der Waals surface area contributed by atoms with Gasteiger partial charge >= 0.3 is 0 Å². The summed E-state index contributed by atoms with van der Waals surface area (Å²) in [4.78, 5) is 42.7. The average molecular weight is 469 g/mol. The van der Waals surface area contributed by atoms with Crippen molar-refractivity contribution in [3.63, 3.8) is 0 Å². The smallest absolute Gasteiger partial charge is 0.262 e. The Morgan fingerprint density at radius 1 is 0.857 bits per heavy atom. The zero-order valence-electron chi connectivity index (χ0n) is 20.1. The highest BCUT2D eigenvalue weighted by atomic mass is 16.5. The zero-order chi connectivity index (χ0) is 24.7. The first-order valence-electron chi connectivity index (χ1n) is 11.9. The molecular weight excluding hydrogens is 440 g/mol. The lowest BCUT2D eigenvalue weighted by molar-refractivity contribution is -0.168. The maximum absolute atomic E-state index is 13.5. The van der Waals surface area contributed by atoms with Gasteiger partial charge in [-0.25, -0.2) is 0 Å². The lowest BCUT2D eigenvalue weighted by Crippen LogP contribution is -2.74. The van der Waals surface area contributed by atoms with E-state index in [9.17, 15) is 14.4 Å². The summed E-state index contributed by atoms with van der Waals surface area (Å²) in [5.74, 6) is -1.08. The molecule has 2 aliphatic rings. The highest BCUT2D eigenvalue weighted by molar-refractivity contribution is 6.23. The monoisotopic (exact) mass is 468 g/mol. The van der Waals surface area contributed by atoms with Crippen molar-refractivity contribution >= 4 is 17.7 Å². The van der Waals surface area contributed by atoms with E-state index in [1.54, 1.807) is 29.2 Å². The fourth-order valence-corrected chi connectivity index (χ4v) is 5.08. The van der Waals surface area contributed by atoms with Crippen LogP contribution in [0.2, 0.25) is 0 Å². The van der Waals surface area contributed by atoms with Gasteiger partial charge < -0.3 is 9.64 Å². The van der Waals surface area contributed by atoms with E-state index in [-0.39, 0.29) is 5.91 Å². The van der Waals surface area contributed by atoms with E-state index in [0.717, 1.165) is 27.2 Å². The molecule has 3 aromatic carbocycles. The van der Waals surface area contributed by atoms with Crippen molar-refractivity contribution in [1.29, 1.82) is 0 Å². The molecule has 0 N–H and O–H groups in total. The highest BCUT2D eigenvalue weighted by Crippen LogP contribution is 2.36. The summed E-state index contributed by atoms with van der Waals surface area (Å²) in [5, 5.41) is 0. The van der Waals surface area contributed by atoms with Crippen molar-refractivity contribution in [1.82, 2.24) is 9.80 Å². The third-order valence-electron chi connectivity index (χ3n) is 7.00. The van der Waals surface area contributed by atoms with Crippen LogP contribution in [-0.4, -0.2) is 45.7 Å². The Bertz CT molecular complexity index is 1270. The molecule has 6 heteroatoms. The molecule has 0 aliphatic carbocycles. The average Bonchev–Trinajstić information content (AvgIpc) is 3.11. The van der Waals surface area contributed by atoms with Crippen LogP contribution >= 0.6 is 0 Å². The van der Waals surface area contributed by atoms with E-state index in [4.69, 9.17) is 4.74 Å². The minimum Gasteiger partial charge on any atom is -0.372 e. The summed E-state index contributed by atoms with van der Waals surface area (Å²) in [7, 11) is 0. The maximum Gasteiger partial charge on any atom is 0.262 e. The fourth-order valence-electron chi connectivity index (χ4n) is 5.08. The molecule has 3 amide bonds. The van der Waals surface area contributed by atoms with Crippen molar-refractivity contribution in [3.8, 4) is 0 Å². The number of ether oxygens (including phenoxy) is 1. The molecule has 0 radical (unpaired) electrons. The van der Waals surface area contributed by atoms with Crippen molar-refractivity contribution in [3.05, 3.63) is 106 Å². The summed E-state index contributed by atoms with van der Waals surface area (Å²) in [6, 6.07) is 21.3. The summed E-state index contributed by atoms with van der Waals surface area (Å²) >= 11 is 0. The number of carbonyl (C=O) groups excluding carboxylic acids is 3. The summed E-state index contributed by atoms with van der Waals surface area (Å²) < 4.78 is 6.19. The van der Waals surface area contributed by atoms with Gasteiger partial charge in [0.2, 0.25) is 5.91 Å². The molecular formula is C29H28N2O4. The second-order valence-electron chi connectivity index (χ2n) is 9.36. The Morgan fingerprint density at radius 3 is 2.11 bits per heavy atom. The van der Waals surface area contributed by atoms with Crippen LogP contribution in [0.1, 0.15) is 49.9 Å². The number of aryl methyl sites for hydroxylation is 2. The predicted octanol–water partition coefficient (Wildman–Crippen LogP) is 4.28. The van der Waals surface area contributed by atoms with Crippen molar-refractivity contribution in [2.24, 2.45) is 0 Å². The minimum absolute atomic E-state index is 0.236. The van der Waals surface area contributed by atoms with Crippen LogP contribution in [-0.2, 0) is 22.7 Å². The molecule has 5 rings (SSSR count). The van der Waals surface area contributed by atoms with Gasteiger partial charge in [-0.1, -0.05) is 66.2 Å². The number of imide groups is 1. The number of β-lactam (4-membered cyclic amide) rings is 1. The molecule has 178 valence electrons. The molecule has 0 spiro atoms. The van der Waals surface area contributed by atoms with Crippen molar-refractivity contribution in [2.45, 2.75) is 52.1 Å². The number of amides is 3. The van der Waals surface area contributed by atoms with E-state index in [2.05, 4.69) is 6.07 Å². The number of benzene rings is 3. The number of likely N-dealkylation sites (tertiary alicyclic amines) is 1. The highest BCUT2D eigenvalue weighted by Gasteiger charge is 2.58. The summed E-state index contributed by atoms with van der Waals surface area (Å²) in [5.41, 5.74) is 4.98. The SMILES string of the molecule is Cc1ccc(CN2C(=O)C(N3C(=O)c4ccccc4C3=O)C2C(C)OCc2ccccc2)c(C)c1. The lowest BCUT2D eigenvalue weighted by atomic mass is 9.88. The molecule has 0 saturated carbocycles. The number of carbonyl (C=O) groups is 3. The molecule has 3 aromatic rings. The van der Waals surface area contributed by atoms with Gasteiger partial charge in [-0.15, -0.1) is 0 Å². The van der Waals surface area contributed by atoms with Crippen LogP contribution in [0.25, 0.3) is 0 Å². The quantitative estimate of drug-likeness (QED) is 0.383. The fraction of sp³-hybridized carbons (Fsp3) is 0.276. The van der Waals surface area contributed by atoms with Crippen LogP contribution in [0.15, 0.2) is 72.8 Å². The first-order valence-corrected chi connectivity index (χ1v) is 11.9. The number of rotatable bonds is 7. The van der Waals surface area contributed by atoms with Gasteiger partial charge in [0.05, 0.1) is 29.9 Å². The van der Waals surface area contributed by atoms with Gasteiger partial charge in [0.25, 0.3) is 11.8 Å². The molecule has 2 heterocycles. The molecule has 1 fully saturated rings. The van der Waals surface area contributed by atoms with E-state index < -0.39 is 30.0 Å². The number of hydrogen-bond donors (Lipinski definition) is 0. The molecule has 6 nitrogen and oxygen atoms in total. The molecule has 0 bridgehead atoms. The van der Waals surface area contributed by atoms with E-state index in [0.29, 0.717) is 24.3 Å². The van der Waals surface area contributed by atoms with E-state index in [1.807, 2.05) is 63.2 Å². The number of fused-ring (bicyclic) bond motifs is 1. The van der Waals surface area contributed by atoms with Crippen LogP contribution < -0.4 is 0 Å². The van der Waals surface area contributed by atoms with Crippen molar-refractivity contribution < 1.29 is 19.1 Å². The largest absolute Gasteiger partial charge is 0.372 e. The normalized spacial score (nSPS) is 20.1. The Labute approximate surface area is 205 Å². The Kier molecular flexibility index (Phi) is 5.99. The lowest BCUT2D eigenvalue weighted by Gasteiger charge is -2.52. The van der Waals surface area contributed by atoms with Gasteiger partial charge in [-0.3, -0.25) is 19.3 Å². The molecule has 3 unspecified atom stereocenters.